The Labute approximate surface area is 146 Å². The summed E-state index contributed by atoms with van der Waals surface area (Å²) in [4.78, 5) is 12.3. The van der Waals surface area contributed by atoms with E-state index in [9.17, 15) is 9.18 Å². The summed E-state index contributed by atoms with van der Waals surface area (Å²) < 4.78 is 19.4. The summed E-state index contributed by atoms with van der Waals surface area (Å²) in [6.07, 6.45) is 0. The molecule has 0 aliphatic carbocycles. The van der Waals surface area contributed by atoms with E-state index in [0.717, 1.165) is 5.56 Å². The monoisotopic (exact) mass is 335 g/mol. The Kier molecular flexibility index (Phi) is 5.09. The van der Waals surface area contributed by atoms with Crippen molar-refractivity contribution in [3.63, 3.8) is 0 Å². The molecule has 0 unspecified atom stereocenters. The third-order valence-corrected chi connectivity index (χ3v) is 3.71. The number of carbonyl (C=O) groups is 1. The molecule has 0 aromatic heterocycles. The van der Waals surface area contributed by atoms with Crippen molar-refractivity contribution in [2.24, 2.45) is 0 Å². The van der Waals surface area contributed by atoms with Gasteiger partial charge in [-0.15, -0.1) is 0 Å². The summed E-state index contributed by atoms with van der Waals surface area (Å²) in [6, 6.07) is 20.9. The number of rotatable bonds is 5. The number of hydrogen-bond donors (Lipinski definition) is 1. The van der Waals surface area contributed by atoms with Gasteiger partial charge in [0.25, 0.3) is 5.91 Å². The average Bonchev–Trinajstić information content (AvgIpc) is 2.62. The van der Waals surface area contributed by atoms with E-state index in [1.807, 2.05) is 25.1 Å². The van der Waals surface area contributed by atoms with Crippen molar-refractivity contribution in [1.82, 2.24) is 0 Å². The quantitative estimate of drug-likeness (QED) is 0.715. The van der Waals surface area contributed by atoms with Crippen LogP contribution in [0.2, 0.25) is 0 Å². The first kappa shape index (κ1) is 16.7. The number of para-hydroxylation sites is 1. The first-order chi connectivity index (χ1) is 12.1. The normalized spacial score (nSPS) is 10.3. The van der Waals surface area contributed by atoms with Gasteiger partial charge in [-0.1, -0.05) is 48.0 Å². The summed E-state index contributed by atoms with van der Waals surface area (Å²) >= 11 is 0. The van der Waals surface area contributed by atoms with E-state index >= 15 is 0 Å². The van der Waals surface area contributed by atoms with Gasteiger partial charge in [0.2, 0.25) is 0 Å². The molecule has 4 heteroatoms. The molecule has 3 aromatic rings. The van der Waals surface area contributed by atoms with Gasteiger partial charge in [0.05, 0.1) is 5.69 Å². The van der Waals surface area contributed by atoms with Gasteiger partial charge < -0.3 is 10.1 Å². The highest BCUT2D eigenvalue weighted by atomic mass is 19.1. The van der Waals surface area contributed by atoms with Crippen LogP contribution in [0.15, 0.2) is 72.8 Å². The second kappa shape index (κ2) is 7.62. The van der Waals surface area contributed by atoms with Crippen LogP contribution in [0.1, 0.15) is 21.5 Å². The molecule has 0 spiro atoms. The molecule has 0 heterocycles. The molecule has 3 nitrogen and oxygen atoms in total. The molecular weight excluding hydrogens is 317 g/mol. The molecular formula is C21H18FNO2. The van der Waals surface area contributed by atoms with Crippen LogP contribution < -0.4 is 10.1 Å². The van der Waals surface area contributed by atoms with E-state index in [4.69, 9.17) is 4.74 Å². The van der Waals surface area contributed by atoms with Gasteiger partial charge in [-0.05, 0) is 42.8 Å². The van der Waals surface area contributed by atoms with Gasteiger partial charge in [0.1, 0.15) is 18.2 Å². The number of carbonyl (C=O) groups excluding carboxylic acids is 1. The van der Waals surface area contributed by atoms with Gasteiger partial charge >= 0.3 is 0 Å². The third kappa shape index (κ3) is 4.44. The fourth-order valence-corrected chi connectivity index (χ4v) is 2.45. The summed E-state index contributed by atoms with van der Waals surface area (Å²) in [6.45, 7) is 2.44. The predicted octanol–water partition coefficient (Wildman–Crippen LogP) is 4.97. The molecule has 0 fully saturated rings. The van der Waals surface area contributed by atoms with Gasteiger partial charge in [0.15, 0.2) is 0 Å². The minimum absolute atomic E-state index is 0.151. The van der Waals surface area contributed by atoms with E-state index in [-0.39, 0.29) is 11.6 Å². The molecule has 0 saturated heterocycles. The van der Waals surface area contributed by atoms with Crippen LogP contribution >= 0.6 is 0 Å². The maximum Gasteiger partial charge on any atom is 0.255 e. The molecule has 1 N–H and O–H groups in total. The lowest BCUT2D eigenvalue weighted by Crippen LogP contribution is -2.13. The Bertz CT molecular complexity index is 892. The second-order valence-electron chi connectivity index (χ2n) is 5.74. The van der Waals surface area contributed by atoms with Gasteiger partial charge in [0, 0.05) is 5.56 Å². The number of amides is 1. The van der Waals surface area contributed by atoms with Crippen molar-refractivity contribution in [3.8, 4) is 5.75 Å². The Morgan fingerprint density at radius 2 is 1.80 bits per heavy atom. The first-order valence-electron chi connectivity index (χ1n) is 7.96. The second-order valence-corrected chi connectivity index (χ2v) is 5.74. The Morgan fingerprint density at radius 3 is 2.60 bits per heavy atom. The van der Waals surface area contributed by atoms with Crippen molar-refractivity contribution in [3.05, 3.63) is 95.3 Å². The zero-order valence-electron chi connectivity index (χ0n) is 13.8. The van der Waals surface area contributed by atoms with Crippen LogP contribution in [-0.4, -0.2) is 5.91 Å². The van der Waals surface area contributed by atoms with Crippen molar-refractivity contribution in [2.75, 3.05) is 5.32 Å². The molecule has 0 saturated carbocycles. The third-order valence-electron chi connectivity index (χ3n) is 3.71. The Balaban J connectivity index is 1.68. The van der Waals surface area contributed by atoms with Crippen LogP contribution in [0.25, 0.3) is 0 Å². The summed E-state index contributed by atoms with van der Waals surface area (Å²) in [5, 5.41) is 2.57. The van der Waals surface area contributed by atoms with Crippen LogP contribution in [0.5, 0.6) is 5.75 Å². The van der Waals surface area contributed by atoms with Gasteiger partial charge in [-0.3, -0.25) is 4.79 Å². The smallest absolute Gasteiger partial charge is 0.255 e. The zero-order valence-corrected chi connectivity index (χ0v) is 13.8. The summed E-state index contributed by atoms with van der Waals surface area (Å²) in [5.41, 5.74) is 2.78. The first-order valence-corrected chi connectivity index (χ1v) is 7.96. The number of benzene rings is 3. The largest absolute Gasteiger partial charge is 0.489 e. The van der Waals surface area contributed by atoms with E-state index in [2.05, 4.69) is 11.4 Å². The SMILES string of the molecule is Cc1cccc(COc2cccc(C(=O)Nc3ccccc3F)c2)c1. The summed E-state index contributed by atoms with van der Waals surface area (Å²) in [7, 11) is 0. The summed E-state index contributed by atoms with van der Waals surface area (Å²) in [5.74, 6) is -0.267. The maximum atomic E-state index is 13.6. The molecule has 0 radical (unpaired) electrons. The van der Waals surface area contributed by atoms with Crippen LogP contribution in [0.4, 0.5) is 10.1 Å². The van der Waals surface area contributed by atoms with Crippen molar-refractivity contribution < 1.29 is 13.9 Å². The highest BCUT2D eigenvalue weighted by molar-refractivity contribution is 6.04. The van der Waals surface area contributed by atoms with Gasteiger partial charge in [-0.25, -0.2) is 4.39 Å². The molecule has 3 rings (SSSR count). The fourth-order valence-electron chi connectivity index (χ4n) is 2.45. The molecule has 0 bridgehead atoms. The van der Waals surface area contributed by atoms with E-state index in [1.165, 1.54) is 17.7 Å². The topological polar surface area (TPSA) is 38.3 Å². The molecule has 126 valence electrons. The molecule has 3 aromatic carbocycles. The van der Waals surface area contributed by atoms with Crippen molar-refractivity contribution in [2.45, 2.75) is 13.5 Å². The predicted molar refractivity (Wildman–Crippen MR) is 96.3 cm³/mol. The number of anilines is 1. The number of hydrogen-bond acceptors (Lipinski definition) is 2. The van der Waals surface area contributed by atoms with Crippen molar-refractivity contribution in [1.29, 1.82) is 0 Å². The van der Waals surface area contributed by atoms with Crippen LogP contribution in [-0.2, 0) is 6.61 Å². The minimum atomic E-state index is -0.470. The number of halogens is 1. The number of aryl methyl sites for hydroxylation is 1. The van der Waals surface area contributed by atoms with Crippen LogP contribution in [0.3, 0.4) is 0 Å². The van der Waals surface area contributed by atoms with Crippen LogP contribution in [0, 0.1) is 12.7 Å². The lowest BCUT2D eigenvalue weighted by molar-refractivity contribution is 0.102. The average molecular weight is 335 g/mol. The molecule has 0 aliphatic heterocycles. The molecule has 0 atom stereocenters. The Hall–Kier alpha value is -3.14. The fraction of sp³-hybridized carbons (Fsp3) is 0.0952. The van der Waals surface area contributed by atoms with E-state index in [0.29, 0.717) is 17.9 Å². The maximum absolute atomic E-state index is 13.6. The molecule has 1 amide bonds. The lowest BCUT2D eigenvalue weighted by atomic mass is 10.1. The molecule has 0 aliphatic rings. The van der Waals surface area contributed by atoms with Gasteiger partial charge in [-0.2, -0.15) is 0 Å². The van der Waals surface area contributed by atoms with E-state index < -0.39 is 5.82 Å². The highest BCUT2D eigenvalue weighted by Gasteiger charge is 2.10. The highest BCUT2D eigenvalue weighted by Crippen LogP contribution is 2.18. The van der Waals surface area contributed by atoms with Crippen molar-refractivity contribution >= 4 is 11.6 Å². The molecule has 25 heavy (non-hydrogen) atoms. The Morgan fingerprint density at radius 1 is 1.00 bits per heavy atom. The van der Waals surface area contributed by atoms with E-state index in [1.54, 1.807) is 36.4 Å². The lowest BCUT2D eigenvalue weighted by Gasteiger charge is -2.10. The number of nitrogens with one attached hydrogen (secondary N) is 1. The minimum Gasteiger partial charge on any atom is -0.489 e. The standard InChI is InChI=1S/C21H18FNO2/c1-15-6-4-7-16(12-15)14-25-18-9-5-8-17(13-18)21(24)23-20-11-3-2-10-19(20)22/h2-13H,14H2,1H3,(H,23,24). The number of ether oxygens (including phenoxy) is 1. The zero-order chi connectivity index (χ0) is 17.6.